The van der Waals surface area contributed by atoms with Crippen LogP contribution in [0, 0.1) is 0 Å². The second-order valence-electron chi connectivity index (χ2n) is 6.48. The van der Waals surface area contributed by atoms with Crippen LogP contribution in [0.5, 0.6) is 0 Å². The predicted molar refractivity (Wildman–Crippen MR) is 101 cm³/mol. The van der Waals surface area contributed by atoms with Crippen LogP contribution in [0.3, 0.4) is 0 Å². The van der Waals surface area contributed by atoms with Crippen LogP contribution >= 0.6 is 11.3 Å². The fourth-order valence-electron chi connectivity index (χ4n) is 3.50. The number of nitrogens with one attached hydrogen (secondary N) is 2. The number of amides is 2. The third-order valence-corrected chi connectivity index (χ3v) is 5.82. The lowest BCUT2D eigenvalue weighted by Gasteiger charge is -2.26. The summed E-state index contributed by atoms with van der Waals surface area (Å²) in [5.74, 6) is -0.542. The molecule has 0 bridgehead atoms. The lowest BCUT2D eigenvalue weighted by atomic mass is 9.87. The molecule has 0 saturated heterocycles. The third kappa shape index (κ3) is 3.09. The van der Waals surface area contributed by atoms with Crippen molar-refractivity contribution in [3.63, 3.8) is 0 Å². The highest BCUT2D eigenvalue weighted by molar-refractivity contribution is 7.17. The van der Waals surface area contributed by atoms with Gasteiger partial charge in [-0.3, -0.25) is 14.8 Å². The Morgan fingerprint density at radius 2 is 1.92 bits per heavy atom. The van der Waals surface area contributed by atoms with Gasteiger partial charge in [0.15, 0.2) is 0 Å². The lowest BCUT2D eigenvalue weighted by molar-refractivity contribution is 0.0706. The van der Waals surface area contributed by atoms with E-state index in [9.17, 15) is 9.59 Å². The first-order chi connectivity index (χ1) is 12.7. The van der Waals surface area contributed by atoms with Gasteiger partial charge in [-0.1, -0.05) is 24.3 Å². The molecule has 3 aromatic rings. The molecule has 1 heterocycles. The molecular weight excluding hydrogens is 348 g/mol. The van der Waals surface area contributed by atoms with E-state index in [0.29, 0.717) is 5.56 Å². The fourth-order valence-corrected chi connectivity index (χ4v) is 4.44. The largest absolute Gasteiger partial charge is 0.349 e. The number of hydrogen-bond donors (Lipinski definition) is 3. The Bertz CT molecular complexity index is 996. The van der Waals surface area contributed by atoms with Gasteiger partial charge >= 0.3 is 0 Å². The normalized spacial score (nSPS) is 16.1. The number of aryl methyl sites for hydroxylation is 1. The number of carbonyl (C=O) groups excluding carboxylic acids is 2. The standard InChI is InChI=1S/C20H18N2O3S/c23-19(22-25)14-6-5-13-10-15(8-7-12(13)9-14)21-20(24)17-11-26-18-4-2-1-3-16(17)18/h1-6,9,11,15,25H,7-8,10H2,(H,21,24)(H,22,23). The fraction of sp³-hybridized carbons (Fsp3) is 0.200. The second kappa shape index (κ2) is 6.90. The Morgan fingerprint density at radius 3 is 2.77 bits per heavy atom. The molecular formula is C20H18N2O3S. The first kappa shape index (κ1) is 16.8. The molecule has 26 heavy (non-hydrogen) atoms. The van der Waals surface area contributed by atoms with Crippen LogP contribution in [-0.2, 0) is 12.8 Å². The number of benzene rings is 2. The van der Waals surface area contributed by atoms with Gasteiger partial charge in [0.05, 0.1) is 5.56 Å². The van der Waals surface area contributed by atoms with Crippen LogP contribution < -0.4 is 10.8 Å². The molecule has 1 aliphatic carbocycles. The summed E-state index contributed by atoms with van der Waals surface area (Å²) in [6, 6.07) is 13.4. The summed E-state index contributed by atoms with van der Waals surface area (Å²) in [5, 5.41) is 14.8. The number of fused-ring (bicyclic) bond motifs is 2. The van der Waals surface area contributed by atoms with E-state index in [1.54, 1.807) is 22.9 Å². The highest BCUT2D eigenvalue weighted by atomic mass is 32.1. The minimum Gasteiger partial charge on any atom is -0.349 e. The summed E-state index contributed by atoms with van der Waals surface area (Å²) in [6.45, 7) is 0. The van der Waals surface area contributed by atoms with Gasteiger partial charge in [-0.15, -0.1) is 11.3 Å². The Morgan fingerprint density at radius 1 is 1.08 bits per heavy atom. The van der Waals surface area contributed by atoms with Crippen molar-refractivity contribution in [2.75, 3.05) is 0 Å². The highest BCUT2D eigenvalue weighted by Crippen LogP contribution is 2.27. The van der Waals surface area contributed by atoms with Gasteiger partial charge in [-0.05, 0) is 48.6 Å². The average molecular weight is 366 g/mol. The summed E-state index contributed by atoms with van der Waals surface area (Å²) in [7, 11) is 0. The molecule has 0 spiro atoms. The predicted octanol–water partition coefficient (Wildman–Crippen LogP) is 3.31. The summed E-state index contributed by atoms with van der Waals surface area (Å²) < 4.78 is 1.11. The zero-order valence-electron chi connectivity index (χ0n) is 14.0. The number of thiophene rings is 1. The van der Waals surface area contributed by atoms with E-state index >= 15 is 0 Å². The van der Waals surface area contributed by atoms with E-state index in [0.717, 1.165) is 46.0 Å². The molecule has 2 amide bonds. The Hall–Kier alpha value is -2.70. The van der Waals surface area contributed by atoms with Crippen LogP contribution in [0.15, 0.2) is 47.8 Å². The SMILES string of the molecule is O=C(NO)c1ccc2c(c1)CCC(NC(=O)c1csc3ccccc13)C2. The van der Waals surface area contributed by atoms with E-state index in [1.807, 2.05) is 41.8 Å². The van der Waals surface area contributed by atoms with Gasteiger partial charge in [-0.2, -0.15) is 0 Å². The van der Waals surface area contributed by atoms with Gasteiger partial charge in [0, 0.05) is 27.1 Å². The number of rotatable bonds is 3. The maximum Gasteiger partial charge on any atom is 0.274 e. The highest BCUT2D eigenvalue weighted by Gasteiger charge is 2.22. The first-order valence-electron chi connectivity index (χ1n) is 8.49. The van der Waals surface area contributed by atoms with Gasteiger partial charge in [0.25, 0.3) is 11.8 Å². The quantitative estimate of drug-likeness (QED) is 0.492. The molecule has 0 fully saturated rings. The summed E-state index contributed by atoms with van der Waals surface area (Å²) in [5.41, 5.74) is 5.06. The van der Waals surface area contributed by atoms with Crippen LogP contribution in [0.1, 0.15) is 38.3 Å². The van der Waals surface area contributed by atoms with Crippen LogP contribution in [0.2, 0.25) is 0 Å². The van der Waals surface area contributed by atoms with Gasteiger partial charge < -0.3 is 5.32 Å². The van der Waals surface area contributed by atoms with E-state index < -0.39 is 5.91 Å². The molecule has 1 aliphatic rings. The van der Waals surface area contributed by atoms with E-state index in [-0.39, 0.29) is 11.9 Å². The average Bonchev–Trinajstić information content (AvgIpc) is 3.11. The van der Waals surface area contributed by atoms with Gasteiger partial charge in [0.2, 0.25) is 0 Å². The molecule has 0 radical (unpaired) electrons. The van der Waals surface area contributed by atoms with Crippen molar-refractivity contribution in [2.45, 2.75) is 25.3 Å². The van der Waals surface area contributed by atoms with E-state index in [4.69, 9.17) is 5.21 Å². The maximum absolute atomic E-state index is 12.7. The molecule has 6 heteroatoms. The zero-order chi connectivity index (χ0) is 18.1. The minimum atomic E-state index is -0.507. The van der Waals surface area contributed by atoms with Crippen LogP contribution in [0.25, 0.3) is 10.1 Å². The minimum absolute atomic E-state index is 0.0350. The molecule has 1 atom stereocenters. The van der Waals surface area contributed by atoms with Crippen molar-refractivity contribution in [3.8, 4) is 0 Å². The van der Waals surface area contributed by atoms with Crippen molar-refractivity contribution in [1.82, 2.24) is 10.8 Å². The van der Waals surface area contributed by atoms with Crippen molar-refractivity contribution < 1.29 is 14.8 Å². The van der Waals surface area contributed by atoms with Crippen LogP contribution in [-0.4, -0.2) is 23.1 Å². The zero-order valence-corrected chi connectivity index (χ0v) is 14.8. The molecule has 0 aliphatic heterocycles. The molecule has 2 aromatic carbocycles. The second-order valence-corrected chi connectivity index (χ2v) is 7.39. The van der Waals surface area contributed by atoms with Crippen molar-refractivity contribution >= 4 is 33.2 Å². The van der Waals surface area contributed by atoms with Crippen molar-refractivity contribution in [3.05, 3.63) is 70.1 Å². The molecule has 1 aromatic heterocycles. The van der Waals surface area contributed by atoms with E-state index in [2.05, 4.69) is 5.32 Å². The molecule has 0 saturated carbocycles. The van der Waals surface area contributed by atoms with E-state index in [1.165, 1.54) is 0 Å². The smallest absolute Gasteiger partial charge is 0.274 e. The number of carbonyl (C=O) groups is 2. The summed E-state index contributed by atoms with van der Waals surface area (Å²) in [4.78, 5) is 24.2. The molecule has 1 unspecified atom stereocenters. The van der Waals surface area contributed by atoms with Crippen molar-refractivity contribution in [1.29, 1.82) is 0 Å². The first-order valence-corrected chi connectivity index (χ1v) is 9.37. The van der Waals surface area contributed by atoms with Gasteiger partial charge in [-0.25, -0.2) is 5.48 Å². The number of hydrogen-bond acceptors (Lipinski definition) is 4. The summed E-state index contributed by atoms with van der Waals surface area (Å²) >= 11 is 1.58. The van der Waals surface area contributed by atoms with Crippen molar-refractivity contribution in [2.24, 2.45) is 0 Å². The van der Waals surface area contributed by atoms with Crippen LogP contribution in [0.4, 0.5) is 0 Å². The lowest BCUT2D eigenvalue weighted by Crippen LogP contribution is -2.38. The summed E-state index contributed by atoms with van der Waals surface area (Å²) in [6.07, 6.45) is 2.35. The topological polar surface area (TPSA) is 78.4 Å². The maximum atomic E-state index is 12.7. The third-order valence-electron chi connectivity index (χ3n) is 4.86. The molecule has 132 valence electrons. The number of hydroxylamine groups is 1. The van der Waals surface area contributed by atoms with Gasteiger partial charge in [0.1, 0.15) is 0 Å². The Kier molecular flexibility index (Phi) is 4.44. The molecule has 3 N–H and O–H groups in total. The Balaban J connectivity index is 1.49. The monoisotopic (exact) mass is 366 g/mol. The molecule has 5 nitrogen and oxygen atoms in total. The molecule has 4 rings (SSSR count). The Labute approximate surface area is 154 Å².